The van der Waals surface area contributed by atoms with E-state index in [2.05, 4.69) is 15.0 Å². The zero-order valence-electron chi connectivity index (χ0n) is 14.1. The summed E-state index contributed by atoms with van der Waals surface area (Å²) in [6.07, 6.45) is 1.67. The minimum Gasteiger partial charge on any atom is -0.351 e. The van der Waals surface area contributed by atoms with Crippen molar-refractivity contribution in [1.82, 2.24) is 15.0 Å². The molecule has 0 atom stereocenters. The highest BCUT2D eigenvalue weighted by atomic mass is 32.2. The van der Waals surface area contributed by atoms with Crippen LogP contribution in [0.5, 0.6) is 0 Å². The van der Waals surface area contributed by atoms with Crippen molar-refractivity contribution in [2.24, 2.45) is 0 Å². The van der Waals surface area contributed by atoms with E-state index in [-0.39, 0.29) is 11.4 Å². The second-order valence-electron chi connectivity index (χ2n) is 5.58. The van der Waals surface area contributed by atoms with Gasteiger partial charge in [0.25, 0.3) is 0 Å². The van der Waals surface area contributed by atoms with Crippen molar-refractivity contribution in [3.8, 4) is 11.3 Å². The van der Waals surface area contributed by atoms with Crippen LogP contribution in [-0.4, -0.2) is 25.9 Å². The molecular weight excluding hydrogens is 389 g/mol. The summed E-state index contributed by atoms with van der Waals surface area (Å²) in [7, 11) is -3.97. The van der Waals surface area contributed by atoms with Crippen LogP contribution < -0.4 is 10.0 Å². The third-order valence-corrected chi connectivity index (χ3v) is 5.77. The average molecular weight is 405 g/mol. The van der Waals surface area contributed by atoms with Crippen molar-refractivity contribution in [3.05, 3.63) is 70.8 Å². The molecule has 6 nitrogen and oxygen atoms in total. The highest BCUT2D eigenvalue weighted by molar-refractivity contribution is 7.89. The Bertz CT molecular complexity index is 1040. The molecule has 1 aromatic carbocycles. The van der Waals surface area contributed by atoms with E-state index in [4.69, 9.17) is 0 Å². The van der Waals surface area contributed by atoms with Gasteiger partial charge in [0.05, 0.1) is 17.1 Å². The summed E-state index contributed by atoms with van der Waals surface area (Å²) < 4.78 is 39.6. The summed E-state index contributed by atoms with van der Waals surface area (Å²) in [5.74, 6) is -1.17. The molecule has 9 heteroatoms. The fraction of sp³-hybridized carbons (Fsp3) is 0.111. The summed E-state index contributed by atoms with van der Waals surface area (Å²) in [5.41, 5.74) is 2.54. The molecule has 2 N–H and O–H groups in total. The molecule has 3 aromatic rings. The third-order valence-electron chi connectivity index (χ3n) is 3.69. The first-order chi connectivity index (χ1) is 13.0. The molecular formula is C18H16FN3O3S2. The van der Waals surface area contributed by atoms with Gasteiger partial charge in [-0.05, 0) is 41.3 Å². The molecule has 1 amide bonds. The first-order valence-electron chi connectivity index (χ1n) is 7.94. The van der Waals surface area contributed by atoms with E-state index in [1.165, 1.54) is 12.1 Å². The Morgan fingerprint density at radius 1 is 1.19 bits per heavy atom. The van der Waals surface area contributed by atoms with Gasteiger partial charge in [0.2, 0.25) is 15.9 Å². The van der Waals surface area contributed by atoms with Gasteiger partial charge >= 0.3 is 0 Å². The van der Waals surface area contributed by atoms with Crippen LogP contribution in [0.3, 0.4) is 0 Å². The topological polar surface area (TPSA) is 88.2 Å². The van der Waals surface area contributed by atoms with E-state index in [9.17, 15) is 17.6 Å². The van der Waals surface area contributed by atoms with Crippen molar-refractivity contribution >= 4 is 27.3 Å². The molecule has 2 heterocycles. The summed E-state index contributed by atoms with van der Waals surface area (Å²) in [5, 5.41) is 6.56. The van der Waals surface area contributed by atoms with Gasteiger partial charge < -0.3 is 5.32 Å². The van der Waals surface area contributed by atoms with Crippen molar-refractivity contribution < 1.29 is 17.6 Å². The van der Waals surface area contributed by atoms with Crippen LogP contribution >= 0.6 is 11.3 Å². The van der Waals surface area contributed by atoms with E-state index in [1.54, 1.807) is 23.6 Å². The fourth-order valence-corrected chi connectivity index (χ4v) is 4.03. The predicted molar refractivity (Wildman–Crippen MR) is 101 cm³/mol. The lowest BCUT2D eigenvalue weighted by Crippen LogP contribution is -2.36. The number of carbonyl (C=O) groups excluding carboxylic acids is 1. The van der Waals surface area contributed by atoms with Crippen LogP contribution in [0, 0.1) is 5.82 Å². The number of carbonyl (C=O) groups is 1. The van der Waals surface area contributed by atoms with Crippen molar-refractivity contribution in [1.29, 1.82) is 0 Å². The molecule has 0 aliphatic carbocycles. The smallest absolute Gasteiger partial charge is 0.241 e. The molecule has 0 spiro atoms. The molecule has 0 aliphatic rings. The summed E-state index contributed by atoms with van der Waals surface area (Å²) in [6, 6.07) is 10.1. The molecule has 27 heavy (non-hydrogen) atoms. The molecule has 140 valence electrons. The molecule has 0 unspecified atom stereocenters. The molecule has 3 rings (SSSR count). The molecule has 0 radical (unpaired) electrons. The first-order valence-corrected chi connectivity index (χ1v) is 10.4. The SMILES string of the molecule is O=C(CNS(=O)(=O)c1cccc(F)c1)NCc1cccnc1-c1ccsc1. The second kappa shape index (κ2) is 8.38. The first kappa shape index (κ1) is 19.2. The zero-order valence-corrected chi connectivity index (χ0v) is 15.7. The quantitative estimate of drug-likeness (QED) is 0.632. The molecule has 0 bridgehead atoms. The fourth-order valence-electron chi connectivity index (χ4n) is 2.37. The van der Waals surface area contributed by atoms with Gasteiger partial charge in [-0.2, -0.15) is 11.3 Å². The number of aromatic nitrogens is 1. The van der Waals surface area contributed by atoms with Crippen LogP contribution in [-0.2, 0) is 21.4 Å². The summed E-state index contributed by atoms with van der Waals surface area (Å²) >= 11 is 1.55. The number of pyridine rings is 1. The van der Waals surface area contributed by atoms with Crippen molar-refractivity contribution in [3.63, 3.8) is 0 Å². The van der Waals surface area contributed by atoms with Crippen LogP contribution in [0.25, 0.3) is 11.3 Å². The lowest BCUT2D eigenvalue weighted by molar-refractivity contribution is -0.120. The maximum atomic E-state index is 13.2. The second-order valence-corrected chi connectivity index (χ2v) is 8.13. The highest BCUT2D eigenvalue weighted by Gasteiger charge is 2.16. The van der Waals surface area contributed by atoms with Gasteiger partial charge in [0.1, 0.15) is 5.82 Å². The van der Waals surface area contributed by atoms with Crippen LogP contribution in [0.4, 0.5) is 4.39 Å². The highest BCUT2D eigenvalue weighted by Crippen LogP contribution is 2.23. The lowest BCUT2D eigenvalue weighted by Gasteiger charge is -2.10. The van der Waals surface area contributed by atoms with E-state index >= 15 is 0 Å². The number of nitrogens with zero attached hydrogens (tertiary/aromatic N) is 1. The Balaban J connectivity index is 1.60. The van der Waals surface area contributed by atoms with Gasteiger partial charge in [-0.15, -0.1) is 0 Å². The number of nitrogens with one attached hydrogen (secondary N) is 2. The Morgan fingerprint density at radius 3 is 2.78 bits per heavy atom. The predicted octanol–water partition coefficient (Wildman–Crippen LogP) is 2.54. The van der Waals surface area contributed by atoms with Crippen LogP contribution in [0.1, 0.15) is 5.56 Å². The number of thiophene rings is 1. The number of hydrogen-bond donors (Lipinski definition) is 2. The van der Waals surface area contributed by atoms with Crippen LogP contribution in [0.15, 0.2) is 64.3 Å². The van der Waals surface area contributed by atoms with E-state index in [0.717, 1.165) is 29.0 Å². The number of amides is 1. The summed E-state index contributed by atoms with van der Waals surface area (Å²) in [4.78, 5) is 16.1. The Labute approximate surface area is 160 Å². The third kappa shape index (κ3) is 4.97. The minimum atomic E-state index is -3.97. The Hall–Kier alpha value is -2.62. The molecule has 0 fully saturated rings. The number of halogens is 1. The molecule has 0 aliphatic heterocycles. The van der Waals surface area contributed by atoms with Gasteiger partial charge in [0.15, 0.2) is 0 Å². The van der Waals surface area contributed by atoms with Gasteiger partial charge in [0, 0.05) is 23.7 Å². The monoisotopic (exact) mass is 405 g/mol. The molecule has 0 saturated carbocycles. The Kier molecular flexibility index (Phi) is 5.94. The van der Waals surface area contributed by atoms with E-state index in [0.29, 0.717) is 0 Å². The maximum Gasteiger partial charge on any atom is 0.241 e. The van der Waals surface area contributed by atoms with Crippen molar-refractivity contribution in [2.75, 3.05) is 6.54 Å². The summed E-state index contributed by atoms with van der Waals surface area (Å²) in [6.45, 7) is -0.244. The van der Waals surface area contributed by atoms with Gasteiger partial charge in [-0.25, -0.2) is 17.5 Å². The maximum absolute atomic E-state index is 13.2. The Morgan fingerprint density at radius 2 is 2.04 bits per heavy atom. The number of benzene rings is 1. The van der Waals surface area contributed by atoms with Gasteiger partial charge in [-0.1, -0.05) is 12.1 Å². The number of rotatable bonds is 7. The average Bonchev–Trinajstić information content (AvgIpc) is 3.19. The van der Waals surface area contributed by atoms with Crippen molar-refractivity contribution in [2.45, 2.75) is 11.4 Å². The lowest BCUT2D eigenvalue weighted by atomic mass is 10.1. The number of sulfonamides is 1. The molecule has 2 aromatic heterocycles. The van der Waals surface area contributed by atoms with E-state index < -0.39 is 28.3 Å². The molecule has 0 saturated heterocycles. The number of hydrogen-bond acceptors (Lipinski definition) is 5. The van der Waals surface area contributed by atoms with Crippen LogP contribution in [0.2, 0.25) is 0 Å². The minimum absolute atomic E-state index is 0.208. The van der Waals surface area contributed by atoms with Gasteiger partial charge in [-0.3, -0.25) is 9.78 Å². The normalized spacial score (nSPS) is 11.3. The zero-order chi connectivity index (χ0) is 19.3. The largest absolute Gasteiger partial charge is 0.351 e. The standard InChI is InChI=1S/C18H16FN3O3S2/c19-15-4-1-5-16(9-15)27(24,25)22-11-17(23)21-10-13-3-2-7-20-18(13)14-6-8-26-12-14/h1-9,12,22H,10-11H2,(H,21,23). The van der Waals surface area contributed by atoms with E-state index in [1.807, 2.05) is 22.9 Å².